The van der Waals surface area contributed by atoms with Crippen molar-refractivity contribution in [1.29, 1.82) is 0 Å². The zero-order valence-electron chi connectivity index (χ0n) is 18.4. The average molecular weight is 404 g/mol. The summed E-state index contributed by atoms with van der Waals surface area (Å²) in [4.78, 5) is 14.9. The Morgan fingerprint density at radius 2 is 1.83 bits per heavy atom. The monoisotopic (exact) mass is 403 g/mol. The third-order valence-corrected chi connectivity index (χ3v) is 6.33. The first-order valence-electron chi connectivity index (χ1n) is 10.5. The molecule has 0 aliphatic carbocycles. The molecule has 0 radical (unpaired) electrons. The Morgan fingerprint density at radius 1 is 1.10 bits per heavy atom. The summed E-state index contributed by atoms with van der Waals surface area (Å²) in [7, 11) is 3.81. The number of hydrogen-bond donors (Lipinski definition) is 0. The van der Waals surface area contributed by atoms with Crippen molar-refractivity contribution in [2.75, 3.05) is 13.7 Å². The lowest BCUT2D eigenvalue weighted by molar-refractivity contribution is 0.0699. The summed E-state index contributed by atoms with van der Waals surface area (Å²) in [6.45, 7) is 6.87. The molecule has 0 spiro atoms. The molecule has 5 heteroatoms. The van der Waals surface area contributed by atoms with Crippen LogP contribution in [-0.4, -0.2) is 40.3 Å². The van der Waals surface area contributed by atoms with Gasteiger partial charge in [-0.1, -0.05) is 24.3 Å². The van der Waals surface area contributed by atoms with Gasteiger partial charge in [0.25, 0.3) is 5.91 Å². The number of hydrogen-bond acceptors (Lipinski definition) is 3. The molecule has 3 aromatic rings. The second-order valence-electron chi connectivity index (χ2n) is 8.34. The van der Waals surface area contributed by atoms with Crippen LogP contribution >= 0.6 is 0 Å². The van der Waals surface area contributed by atoms with Crippen molar-refractivity contribution in [1.82, 2.24) is 14.7 Å². The third kappa shape index (κ3) is 3.72. The van der Waals surface area contributed by atoms with Gasteiger partial charge in [0.1, 0.15) is 5.75 Å². The van der Waals surface area contributed by atoms with E-state index in [-0.39, 0.29) is 11.9 Å². The molecule has 0 fully saturated rings. The van der Waals surface area contributed by atoms with Gasteiger partial charge >= 0.3 is 0 Å². The summed E-state index contributed by atoms with van der Waals surface area (Å²) in [6.07, 6.45) is 5.51. The van der Waals surface area contributed by atoms with Crippen molar-refractivity contribution in [2.45, 2.75) is 39.7 Å². The normalized spacial score (nSPS) is 16.6. The maximum absolute atomic E-state index is 13.1. The van der Waals surface area contributed by atoms with E-state index < -0.39 is 0 Å². The van der Waals surface area contributed by atoms with E-state index in [2.05, 4.69) is 50.1 Å². The van der Waals surface area contributed by atoms with Crippen LogP contribution in [0.5, 0.6) is 5.75 Å². The Bertz CT molecular complexity index is 1080. The van der Waals surface area contributed by atoms with Crippen molar-refractivity contribution in [3.63, 3.8) is 0 Å². The van der Waals surface area contributed by atoms with Gasteiger partial charge in [-0.3, -0.25) is 9.48 Å². The van der Waals surface area contributed by atoms with Gasteiger partial charge < -0.3 is 9.64 Å². The third-order valence-electron chi connectivity index (χ3n) is 6.33. The van der Waals surface area contributed by atoms with E-state index in [0.717, 1.165) is 35.3 Å². The molecular weight excluding hydrogens is 374 g/mol. The van der Waals surface area contributed by atoms with Crippen molar-refractivity contribution in [2.24, 2.45) is 7.05 Å². The molecule has 5 nitrogen and oxygen atoms in total. The minimum absolute atomic E-state index is 0.0356. The first-order chi connectivity index (χ1) is 14.3. The molecule has 0 saturated carbocycles. The summed E-state index contributed by atoms with van der Waals surface area (Å²) in [5, 5.41) is 4.25. The minimum Gasteiger partial charge on any atom is -0.492 e. The average Bonchev–Trinajstić information content (AvgIpc) is 3.18. The van der Waals surface area contributed by atoms with Gasteiger partial charge in [-0.25, -0.2) is 0 Å². The zero-order chi connectivity index (χ0) is 21.4. The van der Waals surface area contributed by atoms with E-state index in [1.54, 1.807) is 0 Å². The molecule has 0 N–H and O–H groups in total. The Labute approximate surface area is 178 Å². The SMILES string of the molecule is Cc1c(Cc2ccc(-c3cnn(C)c3)cc2)cc2c(c1C)OCCC(C)N(C)C2=O. The van der Waals surface area contributed by atoms with Crippen LogP contribution in [0.2, 0.25) is 0 Å². The molecule has 1 aliphatic rings. The lowest BCUT2D eigenvalue weighted by Gasteiger charge is -2.30. The number of aromatic nitrogens is 2. The van der Waals surface area contributed by atoms with E-state index in [4.69, 9.17) is 4.74 Å². The fraction of sp³-hybridized carbons (Fsp3) is 0.360. The number of carbonyl (C=O) groups is 1. The number of benzene rings is 2. The number of amides is 1. The number of carbonyl (C=O) groups excluding carboxylic acids is 1. The molecule has 2 aromatic carbocycles. The van der Waals surface area contributed by atoms with Gasteiger partial charge in [0.05, 0.1) is 18.4 Å². The second-order valence-corrected chi connectivity index (χ2v) is 8.34. The number of rotatable bonds is 3. The lowest BCUT2D eigenvalue weighted by Crippen LogP contribution is -2.38. The Morgan fingerprint density at radius 3 is 2.50 bits per heavy atom. The predicted molar refractivity (Wildman–Crippen MR) is 119 cm³/mol. The second kappa shape index (κ2) is 7.98. The molecule has 1 aliphatic heterocycles. The zero-order valence-corrected chi connectivity index (χ0v) is 18.4. The van der Waals surface area contributed by atoms with E-state index >= 15 is 0 Å². The molecule has 156 valence electrons. The van der Waals surface area contributed by atoms with Gasteiger partial charge in [-0.15, -0.1) is 0 Å². The summed E-state index contributed by atoms with van der Waals surface area (Å²) >= 11 is 0. The van der Waals surface area contributed by atoms with Crippen LogP contribution in [0.3, 0.4) is 0 Å². The highest BCUT2D eigenvalue weighted by Crippen LogP contribution is 2.33. The van der Waals surface area contributed by atoms with Crippen molar-refractivity contribution < 1.29 is 9.53 Å². The Kier molecular flexibility index (Phi) is 5.37. The van der Waals surface area contributed by atoms with Gasteiger partial charge in [0.15, 0.2) is 0 Å². The van der Waals surface area contributed by atoms with Crippen molar-refractivity contribution in [3.05, 3.63) is 70.5 Å². The number of aryl methyl sites for hydroxylation is 1. The van der Waals surface area contributed by atoms with Crippen LogP contribution in [-0.2, 0) is 13.5 Å². The number of fused-ring (bicyclic) bond motifs is 1. The van der Waals surface area contributed by atoms with Crippen LogP contribution in [0.4, 0.5) is 0 Å². The summed E-state index contributed by atoms with van der Waals surface area (Å²) < 4.78 is 7.86. The molecular formula is C25H29N3O2. The molecule has 1 unspecified atom stereocenters. The van der Waals surface area contributed by atoms with Gasteiger partial charge in [-0.05, 0) is 61.1 Å². The summed E-state index contributed by atoms with van der Waals surface area (Å²) in [6, 6.07) is 10.8. The van der Waals surface area contributed by atoms with Gasteiger partial charge in [0, 0.05) is 38.3 Å². The fourth-order valence-electron chi connectivity index (χ4n) is 4.01. The van der Waals surface area contributed by atoms with Crippen LogP contribution in [0.25, 0.3) is 11.1 Å². The highest BCUT2D eigenvalue weighted by molar-refractivity contribution is 5.98. The number of nitrogens with zero attached hydrogens (tertiary/aromatic N) is 3. The Balaban J connectivity index is 1.66. The molecule has 1 amide bonds. The maximum Gasteiger partial charge on any atom is 0.257 e. The van der Waals surface area contributed by atoms with Crippen molar-refractivity contribution in [3.8, 4) is 16.9 Å². The lowest BCUT2D eigenvalue weighted by atomic mass is 9.92. The van der Waals surface area contributed by atoms with E-state index in [1.165, 1.54) is 16.7 Å². The summed E-state index contributed by atoms with van der Waals surface area (Å²) in [5.41, 5.74) is 7.56. The van der Waals surface area contributed by atoms with Crippen LogP contribution in [0.15, 0.2) is 42.7 Å². The molecule has 2 heterocycles. The molecule has 30 heavy (non-hydrogen) atoms. The molecule has 0 saturated heterocycles. The standard InChI is InChI=1S/C25H29N3O2/c1-16-10-11-30-24-18(3)17(2)21(13-23(24)25(29)28(16)5)12-19-6-8-20(9-7-19)22-14-26-27(4)15-22/h6-9,13-16H,10-12H2,1-5H3. The molecule has 1 atom stereocenters. The van der Waals surface area contributed by atoms with Crippen molar-refractivity contribution >= 4 is 5.91 Å². The van der Waals surface area contributed by atoms with E-state index in [0.29, 0.717) is 12.2 Å². The van der Waals surface area contributed by atoms with Gasteiger partial charge in [0.2, 0.25) is 0 Å². The number of ether oxygens (including phenoxy) is 1. The molecule has 0 bridgehead atoms. The molecule has 1 aromatic heterocycles. The van der Waals surface area contributed by atoms with Crippen LogP contribution in [0, 0.1) is 13.8 Å². The fourth-order valence-corrected chi connectivity index (χ4v) is 4.01. The smallest absolute Gasteiger partial charge is 0.257 e. The summed E-state index contributed by atoms with van der Waals surface area (Å²) in [5.74, 6) is 0.778. The van der Waals surface area contributed by atoms with E-state index in [9.17, 15) is 4.79 Å². The minimum atomic E-state index is 0.0356. The molecule has 4 rings (SSSR count). The van der Waals surface area contributed by atoms with Gasteiger partial charge in [-0.2, -0.15) is 5.10 Å². The quantitative estimate of drug-likeness (QED) is 0.645. The highest BCUT2D eigenvalue weighted by Gasteiger charge is 2.26. The first kappa shape index (κ1) is 20.2. The Hall–Kier alpha value is -3.08. The topological polar surface area (TPSA) is 47.4 Å². The first-order valence-corrected chi connectivity index (χ1v) is 10.5. The van der Waals surface area contributed by atoms with E-state index in [1.807, 2.05) is 42.1 Å². The van der Waals surface area contributed by atoms with Crippen LogP contribution < -0.4 is 4.74 Å². The highest BCUT2D eigenvalue weighted by atomic mass is 16.5. The maximum atomic E-state index is 13.1. The predicted octanol–water partition coefficient (Wildman–Crippen LogP) is 4.54. The largest absolute Gasteiger partial charge is 0.492 e. The van der Waals surface area contributed by atoms with Crippen LogP contribution in [0.1, 0.15) is 46.0 Å².